The van der Waals surface area contributed by atoms with Crippen LogP contribution >= 0.6 is 0 Å². The lowest BCUT2D eigenvalue weighted by Crippen LogP contribution is -2.35. The molecule has 176 valence electrons. The van der Waals surface area contributed by atoms with Crippen LogP contribution in [0.1, 0.15) is 17.9 Å². The first-order chi connectivity index (χ1) is 16.3. The van der Waals surface area contributed by atoms with E-state index >= 15 is 0 Å². The Labute approximate surface area is 195 Å². The number of aliphatic imine (C=N–C) groups is 1. The van der Waals surface area contributed by atoms with Crippen LogP contribution in [0.5, 0.6) is 0 Å². The number of nitrogens with zero attached hydrogens (tertiary/aromatic N) is 8. The summed E-state index contributed by atoms with van der Waals surface area (Å²) in [5, 5.41) is 15.5. The molecule has 0 bridgehead atoms. The van der Waals surface area contributed by atoms with E-state index in [0.717, 1.165) is 28.5 Å². The standard InChI is InChI=1S/C23H24F2N8O/c1-31(2)23(32(3)4)26-18-11-9-16(10-12-18)19-14-33(30-27-19)13-15-5-7-17(8-6-15)21-28-29-22(34-21)20(24)25/h5-12,14,20H,13H2,1-4H3. The third kappa shape index (κ3) is 5.25. The van der Waals surface area contributed by atoms with Crippen molar-refractivity contribution < 1.29 is 13.2 Å². The van der Waals surface area contributed by atoms with Crippen molar-refractivity contribution in [1.29, 1.82) is 0 Å². The van der Waals surface area contributed by atoms with Crippen molar-refractivity contribution in [3.63, 3.8) is 0 Å². The number of alkyl halides is 2. The Hall–Kier alpha value is -4.15. The lowest BCUT2D eigenvalue weighted by Gasteiger charge is -2.22. The molecule has 0 aliphatic carbocycles. The van der Waals surface area contributed by atoms with Crippen molar-refractivity contribution in [2.75, 3.05) is 28.2 Å². The van der Waals surface area contributed by atoms with Gasteiger partial charge < -0.3 is 14.2 Å². The van der Waals surface area contributed by atoms with Gasteiger partial charge in [-0.05, 0) is 29.8 Å². The van der Waals surface area contributed by atoms with Gasteiger partial charge in [-0.15, -0.1) is 15.3 Å². The molecule has 4 rings (SSSR count). The largest absolute Gasteiger partial charge is 0.415 e. The Bertz CT molecular complexity index is 1250. The van der Waals surface area contributed by atoms with Crippen LogP contribution in [0.3, 0.4) is 0 Å². The van der Waals surface area contributed by atoms with Crippen LogP contribution in [0.4, 0.5) is 14.5 Å². The predicted molar refractivity (Wildman–Crippen MR) is 124 cm³/mol. The topological polar surface area (TPSA) is 88.5 Å². The average Bonchev–Trinajstić information content (AvgIpc) is 3.48. The lowest BCUT2D eigenvalue weighted by molar-refractivity contribution is 0.116. The fourth-order valence-electron chi connectivity index (χ4n) is 3.31. The van der Waals surface area contributed by atoms with Gasteiger partial charge in [-0.1, -0.05) is 29.5 Å². The predicted octanol–water partition coefficient (Wildman–Crippen LogP) is 4.09. The number of benzene rings is 2. The second kappa shape index (κ2) is 9.77. The maximum absolute atomic E-state index is 12.6. The first-order valence-corrected chi connectivity index (χ1v) is 10.4. The normalized spacial score (nSPS) is 11.0. The summed E-state index contributed by atoms with van der Waals surface area (Å²) in [7, 11) is 7.81. The number of aromatic nitrogens is 5. The minimum atomic E-state index is -2.79. The molecule has 2 heterocycles. The maximum Gasteiger partial charge on any atom is 0.314 e. The van der Waals surface area contributed by atoms with Gasteiger partial charge in [0.1, 0.15) is 5.69 Å². The summed E-state index contributed by atoms with van der Waals surface area (Å²) in [6, 6.07) is 15.0. The molecule has 0 saturated carbocycles. The highest BCUT2D eigenvalue weighted by molar-refractivity contribution is 5.82. The van der Waals surface area contributed by atoms with Crippen molar-refractivity contribution in [2.45, 2.75) is 13.0 Å². The summed E-state index contributed by atoms with van der Waals surface area (Å²) in [6.45, 7) is 0.497. The van der Waals surface area contributed by atoms with E-state index in [4.69, 9.17) is 4.42 Å². The van der Waals surface area contributed by atoms with Crippen LogP contribution in [0.15, 0.2) is 64.1 Å². The number of hydrogen-bond acceptors (Lipinski definition) is 6. The van der Waals surface area contributed by atoms with Crippen molar-refractivity contribution in [1.82, 2.24) is 35.0 Å². The third-order valence-corrected chi connectivity index (χ3v) is 4.90. The molecule has 0 saturated heterocycles. The molecule has 2 aromatic heterocycles. The molecule has 0 atom stereocenters. The maximum atomic E-state index is 12.6. The highest BCUT2D eigenvalue weighted by atomic mass is 19.3. The van der Waals surface area contributed by atoms with Crippen LogP contribution < -0.4 is 0 Å². The highest BCUT2D eigenvalue weighted by Crippen LogP contribution is 2.24. The molecule has 34 heavy (non-hydrogen) atoms. The SMILES string of the molecule is CN(C)C(=Nc1ccc(-c2cn(Cc3ccc(-c4nnc(C(F)F)o4)cc3)nn2)cc1)N(C)C. The first-order valence-electron chi connectivity index (χ1n) is 10.4. The zero-order chi connectivity index (χ0) is 24.2. The third-order valence-electron chi connectivity index (χ3n) is 4.90. The summed E-state index contributed by atoms with van der Waals surface area (Å²) < 4.78 is 32.0. The van der Waals surface area contributed by atoms with Gasteiger partial charge in [-0.3, -0.25) is 0 Å². The number of rotatable bonds is 6. The van der Waals surface area contributed by atoms with Crippen LogP contribution in [0.25, 0.3) is 22.7 Å². The first kappa shape index (κ1) is 23.0. The van der Waals surface area contributed by atoms with Crippen molar-refractivity contribution in [3.8, 4) is 22.7 Å². The molecule has 11 heteroatoms. The summed E-state index contributed by atoms with van der Waals surface area (Å²) in [5.41, 5.74) is 4.05. The molecular formula is C23H24F2N8O. The quantitative estimate of drug-likeness (QED) is 0.312. The van der Waals surface area contributed by atoms with Gasteiger partial charge in [-0.2, -0.15) is 8.78 Å². The molecule has 0 spiro atoms. The van der Waals surface area contributed by atoms with E-state index < -0.39 is 12.3 Å². The smallest absolute Gasteiger partial charge is 0.314 e. The van der Waals surface area contributed by atoms with Gasteiger partial charge >= 0.3 is 6.43 Å². The molecule has 0 aliphatic rings. The lowest BCUT2D eigenvalue weighted by atomic mass is 10.1. The summed E-state index contributed by atoms with van der Waals surface area (Å²) in [6.07, 6.45) is -0.927. The van der Waals surface area contributed by atoms with Crippen LogP contribution in [0, 0.1) is 0 Å². The number of hydrogen-bond donors (Lipinski definition) is 0. The molecule has 9 nitrogen and oxygen atoms in total. The molecule has 0 aliphatic heterocycles. The van der Waals surface area contributed by atoms with Gasteiger partial charge in [0.25, 0.3) is 5.89 Å². The molecule has 0 amide bonds. The second-order valence-corrected chi connectivity index (χ2v) is 7.99. The molecule has 0 N–H and O–H groups in total. The van der Waals surface area contributed by atoms with E-state index in [-0.39, 0.29) is 5.89 Å². The Kier molecular flexibility index (Phi) is 6.62. The fourth-order valence-corrected chi connectivity index (χ4v) is 3.31. The van der Waals surface area contributed by atoms with Gasteiger partial charge in [0.15, 0.2) is 0 Å². The molecular weight excluding hydrogens is 442 g/mol. The van der Waals surface area contributed by atoms with Gasteiger partial charge in [0.2, 0.25) is 11.9 Å². The number of guanidine groups is 1. The van der Waals surface area contributed by atoms with E-state index in [1.54, 1.807) is 16.8 Å². The average molecular weight is 466 g/mol. The van der Waals surface area contributed by atoms with E-state index in [2.05, 4.69) is 25.5 Å². The highest BCUT2D eigenvalue weighted by Gasteiger charge is 2.17. The summed E-state index contributed by atoms with van der Waals surface area (Å²) in [4.78, 5) is 8.57. The van der Waals surface area contributed by atoms with Crippen molar-refractivity contribution in [2.24, 2.45) is 4.99 Å². The summed E-state index contributed by atoms with van der Waals surface area (Å²) in [5.74, 6) is 0.212. The van der Waals surface area contributed by atoms with Gasteiger partial charge in [0, 0.05) is 39.3 Å². The van der Waals surface area contributed by atoms with Gasteiger partial charge in [-0.25, -0.2) is 9.67 Å². The summed E-state index contributed by atoms with van der Waals surface area (Å²) >= 11 is 0. The van der Waals surface area contributed by atoms with Crippen molar-refractivity contribution in [3.05, 3.63) is 66.2 Å². The monoisotopic (exact) mass is 466 g/mol. The van der Waals surface area contributed by atoms with E-state index in [9.17, 15) is 8.78 Å². The Morgan fingerprint density at radius 3 is 2.15 bits per heavy atom. The van der Waals surface area contributed by atoms with Crippen LogP contribution in [-0.4, -0.2) is 69.1 Å². The van der Waals surface area contributed by atoms with E-state index in [0.29, 0.717) is 12.1 Å². The fraction of sp³-hybridized carbons (Fsp3) is 0.261. The minimum absolute atomic E-state index is 0.0564. The van der Waals surface area contributed by atoms with Crippen LogP contribution in [0.2, 0.25) is 0 Å². The Morgan fingerprint density at radius 2 is 1.56 bits per heavy atom. The number of halogens is 2. The Balaban J connectivity index is 1.44. The Morgan fingerprint density at radius 1 is 0.912 bits per heavy atom. The minimum Gasteiger partial charge on any atom is -0.415 e. The molecule has 4 aromatic rings. The van der Waals surface area contributed by atoms with Crippen molar-refractivity contribution >= 4 is 11.6 Å². The zero-order valence-electron chi connectivity index (χ0n) is 19.2. The second-order valence-electron chi connectivity index (χ2n) is 7.99. The molecule has 0 radical (unpaired) electrons. The van der Waals surface area contributed by atoms with E-state index in [1.807, 2.05) is 80.6 Å². The zero-order valence-corrected chi connectivity index (χ0v) is 19.2. The van der Waals surface area contributed by atoms with Gasteiger partial charge in [0.05, 0.1) is 18.4 Å². The molecule has 0 unspecified atom stereocenters. The van der Waals surface area contributed by atoms with Crippen LogP contribution in [-0.2, 0) is 6.54 Å². The molecule has 0 fully saturated rings. The molecule has 2 aromatic carbocycles. The van der Waals surface area contributed by atoms with E-state index in [1.165, 1.54) is 0 Å².